The average molecular weight is 363 g/mol. The van der Waals surface area contributed by atoms with Crippen LogP contribution in [0.3, 0.4) is 0 Å². The normalized spacial score (nSPS) is 17.0. The molecule has 1 aliphatic heterocycles. The van der Waals surface area contributed by atoms with Crippen LogP contribution in [0.2, 0.25) is 0 Å². The number of aliphatic carboxylic acids is 1. The van der Waals surface area contributed by atoms with Gasteiger partial charge in [-0.1, -0.05) is 6.07 Å². The molecule has 0 aromatic heterocycles. The lowest BCUT2D eigenvalue weighted by molar-refractivity contribution is -0.136. The molecule has 142 valence electrons. The lowest BCUT2D eigenvalue weighted by atomic mass is 10.1. The first kappa shape index (κ1) is 19.7. The van der Waals surface area contributed by atoms with Gasteiger partial charge in [0.2, 0.25) is 11.8 Å². The number of carbonyl (C=O) groups excluding carboxylic acids is 2. The first-order chi connectivity index (χ1) is 12.3. The number of hydrogen-bond acceptors (Lipinski definition) is 5. The Morgan fingerprint density at radius 3 is 2.73 bits per heavy atom. The number of benzene rings is 1. The van der Waals surface area contributed by atoms with Gasteiger partial charge in [0, 0.05) is 19.5 Å². The Morgan fingerprint density at radius 1 is 1.35 bits per heavy atom. The van der Waals surface area contributed by atoms with Crippen LogP contribution < -0.4 is 5.32 Å². The summed E-state index contributed by atoms with van der Waals surface area (Å²) in [5.41, 5.74) is 0.630. The van der Waals surface area contributed by atoms with E-state index in [1.54, 1.807) is 4.90 Å². The Bertz CT molecular complexity index is 689. The van der Waals surface area contributed by atoms with Crippen molar-refractivity contribution in [1.29, 1.82) is 0 Å². The fourth-order valence-corrected chi connectivity index (χ4v) is 2.94. The van der Waals surface area contributed by atoms with Gasteiger partial charge in [-0.25, -0.2) is 0 Å². The number of anilines is 1. The highest BCUT2D eigenvalue weighted by Crippen LogP contribution is 2.27. The average Bonchev–Trinajstić information content (AvgIpc) is 2.91. The summed E-state index contributed by atoms with van der Waals surface area (Å²) in [6.45, 7) is 1.83. The number of nitrogens with zero attached hydrogens (tertiary/aromatic N) is 2. The van der Waals surface area contributed by atoms with Crippen molar-refractivity contribution in [3.63, 3.8) is 0 Å². The van der Waals surface area contributed by atoms with E-state index >= 15 is 0 Å². The lowest BCUT2D eigenvalue weighted by Crippen LogP contribution is -2.30. The van der Waals surface area contributed by atoms with Gasteiger partial charge in [0.25, 0.3) is 0 Å². The van der Waals surface area contributed by atoms with E-state index in [2.05, 4.69) is 5.32 Å². The van der Waals surface area contributed by atoms with E-state index in [9.17, 15) is 19.5 Å². The van der Waals surface area contributed by atoms with Gasteiger partial charge in [0.1, 0.15) is 5.75 Å². The third-order valence-electron chi connectivity index (χ3n) is 4.29. The largest absolute Gasteiger partial charge is 0.506 e. The highest BCUT2D eigenvalue weighted by molar-refractivity contribution is 5.98. The van der Waals surface area contributed by atoms with Crippen LogP contribution in [-0.4, -0.2) is 71.5 Å². The van der Waals surface area contributed by atoms with Crippen molar-refractivity contribution < 1.29 is 24.6 Å². The van der Waals surface area contributed by atoms with Crippen LogP contribution in [-0.2, 0) is 20.8 Å². The van der Waals surface area contributed by atoms with E-state index < -0.39 is 11.9 Å². The van der Waals surface area contributed by atoms with Crippen LogP contribution in [0.5, 0.6) is 5.75 Å². The molecule has 1 saturated heterocycles. The first-order valence-electron chi connectivity index (χ1n) is 8.53. The molecule has 0 spiro atoms. The van der Waals surface area contributed by atoms with Crippen LogP contribution in [0.4, 0.5) is 5.69 Å². The third kappa shape index (κ3) is 5.45. The minimum atomic E-state index is -0.997. The van der Waals surface area contributed by atoms with Crippen molar-refractivity contribution in [2.24, 2.45) is 5.92 Å². The Morgan fingerprint density at radius 2 is 2.08 bits per heavy atom. The van der Waals surface area contributed by atoms with Crippen molar-refractivity contribution >= 4 is 23.5 Å². The standard InChI is InChI=1S/C18H25N3O5/c1-20(2)6-3-7-21-11-13(10-16(21)23)18(26)19-14-8-12(9-17(24)25)4-5-15(14)22/h4-5,8,13,22H,3,6-7,9-11H2,1-2H3,(H,19,26)(H,24,25). The number of carboxylic acids is 1. The Kier molecular flexibility index (Phi) is 6.57. The topological polar surface area (TPSA) is 110 Å². The second-order valence-electron chi connectivity index (χ2n) is 6.81. The summed E-state index contributed by atoms with van der Waals surface area (Å²) in [5, 5.41) is 21.4. The number of carboxylic acid groups (broad SMARTS) is 1. The summed E-state index contributed by atoms with van der Waals surface area (Å²) in [6.07, 6.45) is 0.777. The predicted octanol–water partition coefficient (Wildman–Crippen LogP) is 0.758. The zero-order valence-electron chi connectivity index (χ0n) is 15.1. The minimum Gasteiger partial charge on any atom is -0.506 e. The number of rotatable bonds is 8. The molecule has 0 aliphatic carbocycles. The van der Waals surface area contributed by atoms with Crippen molar-refractivity contribution in [1.82, 2.24) is 9.80 Å². The number of likely N-dealkylation sites (tertiary alicyclic amines) is 1. The molecule has 2 rings (SSSR count). The third-order valence-corrected chi connectivity index (χ3v) is 4.29. The highest BCUT2D eigenvalue weighted by Gasteiger charge is 2.34. The molecule has 0 saturated carbocycles. The fourth-order valence-electron chi connectivity index (χ4n) is 2.94. The molecule has 1 atom stereocenters. The monoisotopic (exact) mass is 363 g/mol. The second kappa shape index (κ2) is 8.66. The van der Waals surface area contributed by atoms with Crippen LogP contribution in [0.15, 0.2) is 18.2 Å². The molecule has 2 amide bonds. The Balaban J connectivity index is 1.95. The molecule has 3 N–H and O–H groups in total. The fraction of sp³-hybridized carbons (Fsp3) is 0.500. The molecular weight excluding hydrogens is 338 g/mol. The van der Waals surface area contributed by atoms with E-state index in [0.29, 0.717) is 18.7 Å². The quantitative estimate of drug-likeness (QED) is 0.588. The van der Waals surface area contributed by atoms with E-state index in [-0.39, 0.29) is 36.1 Å². The molecular formula is C18H25N3O5. The van der Waals surface area contributed by atoms with Crippen LogP contribution in [0.1, 0.15) is 18.4 Å². The summed E-state index contributed by atoms with van der Waals surface area (Å²) in [6, 6.07) is 4.28. The van der Waals surface area contributed by atoms with Crippen molar-refractivity contribution in [3.8, 4) is 5.75 Å². The number of nitrogens with one attached hydrogen (secondary N) is 1. The van der Waals surface area contributed by atoms with E-state index in [4.69, 9.17) is 5.11 Å². The van der Waals surface area contributed by atoms with Crippen LogP contribution in [0.25, 0.3) is 0 Å². The first-order valence-corrected chi connectivity index (χ1v) is 8.53. The molecule has 26 heavy (non-hydrogen) atoms. The molecule has 8 nitrogen and oxygen atoms in total. The lowest BCUT2D eigenvalue weighted by Gasteiger charge is -2.18. The van der Waals surface area contributed by atoms with Gasteiger partial charge in [-0.15, -0.1) is 0 Å². The molecule has 1 aliphatic rings. The maximum Gasteiger partial charge on any atom is 0.307 e. The maximum atomic E-state index is 12.4. The summed E-state index contributed by atoms with van der Waals surface area (Å²) < 4.78 is 0. The summed E-state index contributed by atoms with van der Waals surface area (Å²) >= 11 is 0. The van der Waals surface area contributed by atoms with Crippen molar-refractivity contribution in [3.05, 3.63) is 23.8 Å². The van der Waals surface area contributed by atoms with Gasteiger partial charge in [-0.05, 0) is 44.8 Å². The summed E-state index contributed by atoms with van der Waals surface area (Å²) in [4.78, 5) is 39.1. The molecule has 1 heterocycles. The van der Waals surface area contributed by atoms with Crippen LogP contribution in [0, 0.1) is 5.92 Å². The predicted molar refractivity (Wildman–Crippen MR) is 95.9 cm³/mol. The van der Waals surface area contributed by atoms with Crippen LogP contribution >= 0.6 is 0 Å². The van der Waals surface area contributed by atoms with Gasteiger partial charge in [0.05, 0.1) is 18.0 Å². The van der Waals surface area contributed by atoms with Gasteiger partial charge in [-0.2, -0.15) is 0 Å². The smallest absolute Gasteiger partial charge is 0.307 e. The number of phenolic OH excluding ortho intramolecular Hbond substituents is 1. The molecule has 8 heteroatoms. The number of hydrogen-bond donors (Lipinski definition) is 3. The zero-order valence-corrected chi connectivity index (χ0v) is 15.1. The number of phenols is 1. The van der Waals surface area contributed by atoms with Crippen molar-refractivity contribution in [2.45, 2.75) is 19.3 Å². The summed E-state index contributed by atoms with van der Waals surface area (Å²) in [5.74, 6) is -2.02. The Labute approximate surface area is 152 Å². The van der Waals surface area contributed by atoms with Gasteiger partial charge >= 0.3 is 5.97 Å². The number of aromatic hydroxyl groups is 1. The van der Waals surface area contributed by atoms with E-state index in [1.807, 2.05) is 19.0 Å². The molecule has 0 radical (unpaired) electrons. The zero-order chi connectivity index (χ0) is 19.3. The molecule has 1 aromatic rings. The number of carbonyl (C=O) groups is 3. The second-order valence-corrected chi connectivity index (χ2v) is 6.81. The number of amides is 2. The maximum absolute atomic E-state index is 12.4. The molecule has 1 unspecified atom stereocenters. The summed E-state index contributed by atoms with van der Waals surface area (Å²) in [7, 11) is 3.93. The highest BCUT2D eigenvalue weighted by atomic mass is 16.4. The van der Waals surface area contributed by atoms with Gasteiger partial charge < -0.3 is 25.3 Å². The SMILES string of the molecule is CN(C)CCCN1CC(C(=O)Nc2cc(CC(=O)O)ccc2O)CC1=O. The van der Waals surface area contributed by atoms with Crippen molar-refractivity contribution in [2.75, 3.05) is 39.0 Å². The molecule has 1 aromatic carbocycles. The van der Waals surface area contributed by atoms with E-state index in [0.717, 1.165) is 13.0 Å². The minimum absolute atomic E-state index is 0.0484. The molecule has 0 bridgehead atoms. The Hall–Kier alpha value is -2.61. The molecule has 1 fully saturated rings. The van der Waals surface area contributed by atoms with E-state index in [1.165, 1.54) is 18.2 Å². The van der Waals surface area contributed by atoms with Gasteiger partial charge in [0.15, 0.2) is 0 Å². The van der Waals surface area contributed by atoms with Gasteiger partial charge in [-0.3, -0.25) is 14.4 Å².